The van der Waals surface area contributed by atoms with Gasteiger partial charge in [-0.25, -0.2) is 8.78 Å². The molecule has 0 aliphatic rings. The van der Waals surface area contributed by atoms with Gasteiger partial charge in [0.05, 0.1) is 14.6 Å². The summed E-state index contributed by atoms with van der Waals surface area (Å²) in [6, 6.07) is 4.24. The molecule has 0 amide bonds. The van der Waals surface area contributed by atoms with E-state index in [9.17, 15) is 8.78 Å². The molecule has 0 bridgehead atoms. The molecule has 1 aromatic carbocycles. The molecule has 1 aromatic rings. The number of nitrogens with one attached hydrogen (secondary N) is 1. The molecular formula is C10H3Br2F2N3. The Morgan fingerprint density at radius 3 is 2.35 bits per heavy atom. The van der Waals surface area contributed by atoms with Gasteiger partial charge in [-0.1, -0.05) is 0 Å². The molecule has 17 heavy (non-hydrogen) atoms. The Morgan fingerprint density at radius 1 is 1.24 bits per heavy atom. The minimum Gasteiger partial charge on any atom is -0.359 e. The molecule has 86 valence electrons. The predicted molar refractivity (Wildman–Crippen MR) is 64.7 cm³/mol. The second-order valence-electron chi connectivity index (χ2n) is 2.77. The van der Waals surface area contributed by atoms with E-state index in [1.54, 1.807) is 12.1 Å². The summed E-state index contributed by atoms with van der Waals surface area (Å²) in [6.45, 7) is 0. The lowest BCUT2D eigenvalue weighted by Gasteiger charge is -2.07. The van der Waals surface area contributed by atoms with Crippen molar-refractivity contribution in [3.63, 3.8) is 0 Å². The van der Waals surface area contributed by atoms with Crippen LogP contribution in [0.25, 0.3) is 0 Å². The number of nitrogens with zero attached hydrogens (tertiary/aromatic N) is 2. The van der Waals surface area contributed by atoms with Gasteiger partial charge in [0.2, 0.25) is 0 Å². The van der Waals surface area contributed by atoms with Crippen LogP contribution < -0.4 is 5.32 Å². The van der Waals surface area contributed by atoms with Crippen molar-refractivity contribution in [2.45, 2.75) is 0 Å². The van der Waals surface area contributed by atoms with Gasteiger partial charge in [-0.2, -0.15) is 10.5 Å². The lowest BCUT2D eigenvalue weighted by molar-refractivity contribution is 0.568. The van der Waals surface area contributed by atoms with Crippen LogP contribution in [0.1, 0.15) is 0 Å². The van der Waals surface area contributed by atoms with Crippen LogP contribution in [0.15, 0.2) is 26.8 Å². The minimum absolute atomic E-state index is 0.00254. The molecular weight excluding hydrogens is 360 g/mol. The summed E-state index contributed by atoms with van der Waals surface area (Å²) in [5.41, 5.74) is -0.133. The highest BCUT2D eigenvalue weighted by molar-refractivity contribution is 9.11. The fourth-order valence-corrected chi connectivity index (χ4v) is 1.92. The summed E-state index contributed by atoms with van der Waals surface area (Å²) in [5, 5.41) is 19.4. The Hall–Kier alpha value is -1.44. The molecule has 7 heteroatoms. The number of benzene rings is 1. The van der Waals surface area contributed by atoms with Crippen LogP contribution in [0.3, 0.4) is 0 Å². The van der Waals surface area contributed by atoms with Crippen molar-refractivity contribution in [1.82, 2.24) is 0 Å². The number of anilines is 1. The van der Waals surface area contributed by atoms with Gasteiger partial charge in [0.15, 0.2) is 5.82 Å². The number of hydrogen-bond acceptors (Lipinski definition) is 3. The summed E-state index contributed by atoms with van der Waals surface area (Å²) in [6.07, 6.45) is 1.06. The molecule has 0 aromatic heterocycles. The van der Waals surface area contributed by atoms with E-state index in [4.69, 9.17) is 10.5 Å². The number of rotatable bonds is 2. The van der Waals surface area contributed by atoms with Crippen LogP contribution in [0, 0.1) is 34.3 Å². The highest BCUT2D eigenvalue weighted by atomic mass is 79.9. The van der Waals surface area contributed by atoms with E-state index in [0.717, 1.165) is 12.3 Å². The van der Waals surface area contributed by atoms with Crippen molar-refractivity contribution in [3.05, 3.63) is 38.4 Å². The summed E-state index contributed by atoms with van der Waals surface area (Å²) in [7, 11) is 0. The number of halogens is 4. The maximum Gasteiger partial charge on any atom is 0.156 e. The van der Waals surface area contributed by atoms with Gasteiger partial charge in [0.1, 0.15) is 23.5 Å². The highest BCUT2D eigenvalue weighted by Crippen LogP contribution is 2.33. The fraction of sp³-hybridized carbons (Fsp3) is 0. The third kappa shape index (κ3) is 3.02. The molecule has 1 N–H and O–H groups in total. The first kappa shape index (κ1) is 13.6. The molecule has 0 heterocycles. The molecule has 0 aliphatic heterocycles. The van der Waals surface area contributed by atoms with Crippen LogP contribution in [0.5, 0.6) is 0 Å². The van der Waals surface area contributed by atoms with E-state index >= 15 is 0 Å². The van der Waals surface area contributed by atoms with Crippen LogP contribution in [0.4, 0.5) is 14.5 Å². The average molecular weight is 363 g/mol. The first-order valence-electron chi connectivity index (χ1n) is 4.11. The Kier molecular flexibility index (Phi) is 4.62. The van der Waals surface area contributed by atoms with Gasteiger partial charge in [-0.15, -0.1) is 0 Å². The molecule has 0 saturated heterocycles. The van der Waals surface area contributed by atoms with Crippen molar-refractivity contribution in [2.24, 2.45) is 0 Å². The zero-order valence-corrected chi connectivity index (χ0v) is 11.2. The number of nitriles is 2. The van der Waals surface area contributed by atoms with Gasteiger partial charge >= 0.3 is 0 Å². The van der Waals surface area contributed by atoms with Crippen molar-refractivity contribution in [2.75, 3.05) is 5.32 Å². The monoisotopic (exact) mass is 361 g/mol. The van der Waals surface area contributed by atoms with Gasteiger partial charge in [0.25, 0.3) is 0 Å². The summed E-state index contributed by atoms with van der Waals surface area (Å²) >= 11 is 5.67. The SMILES string of the molecule is N#CC(C#N)=CNc1cc(F)c(Br)c(F)c1Br. The predicted octanol–water partition coefficient (Wildman–Crippen LogP) is 3.83. The van der Waals surface area contributed by atoms with Crippen molar-refractivity contribution in [3.8, 4) is 12.1 Å². The van der Waals surface area contributed by atoms with Crippen LogP contribution >= 0.6 is 31.9 Å². The van der Waals surface area contributed by atoms with Crippen LogP contribution in [0.2, 0.25) is 0 Å². The van der Waals surface area contributed by atoms with Gasteiger partial charge in [-0.3, -0.25) is 0 Å². The molecule has 0 atom stereocenters. The topological polar surface area (TPSA) is 59.6 Å². The van der Waals surface area contributed by atoms with Gasteiger partial charge < -0.3 is 5.32 Å². The number of hydrogen-bond donors (Lipinski definition) is 1. The van der Waals surface area contributed by atoms with E-state index in [0.29, 0.717) is 0 Å². The first-order chi connectivity index (χ1) is 8.01. The third-order valence-electron chi connectivity index (χ3n) is 1.72. The minimum atomic E-state index is -0.809. The molecule has 0 fully saturated rings. The molecule has 0 unspecified atom stereocenters. The maximum atomic E-state index is 13.4. The van der Waals surface area contributed by atoms with Crippen LogP contribution in [-0.4, -0.2) is 0 Å². The number of allylic oxidation sites excluding steroid dienone is 1. The summed E-state index contributed by atoms with van der Waals surface area (Å²) < 4.78 is 26.3. The molecule has 0 aliphatic carbocycles. The van der Waals surface area contributed by atoms with Gasteiger partial charge in [0, 0.05) is 6.20 Å². The molecule has 1 rings (SSSR count). The van der Waals surface area contributed by atoms with E-state index in [-0.39, 0.29) is 20.2 Å². The second kappa shape index (κ2) is 5.76. The van der Waals surface area contributed by atoms with Crippen molar-refractivity contribution >= 4 is 37.5 Å². The highest BCUT2D eigenvalue weighted by Gasteiger charge is 2.14. The zero-order chi connectivity index (χ0) is 13.0. The lowest BCUT2D eigenvalue weighted by atomic mass is 10.3. The summed E-state index contributed by atoms with van der Waals surface area (Å²) in [4.78, 5) is 0. The Labute approximate surface area is 113 Å². The Balaban J connectivity index is 3.15. The van der Waals surface area contributed by atoms with Crippen molar-refractivity contribution < 1.29 is 8.78 Å². The second-order valence-corrected chi connectivity index (χ2v) is 4.36. The Bertz CT molecular complexity index is 554. The van der Waals surface area contributed by atoms with Gasteiger partial charge in [-0.05, 0) is 37.9 Å². The van der Waals surface area contributed by atoms with E-state index in [1.165, 1.54) is 0 Å². The molecule has 0 spiro atoms. The molecule has 0 radical (unpaired) electrons. The van der Waals surface area contributed by atoms with E-state index < -0.39 is 11.6 Å². The zero-order valence-electron chi connectivity index (χ0n) is 8.06. The maximum absolute atomic E-state index is 13.4. The summed E-state index contributed by atoms with van der Waals surface area (Å²) in [5.74, 6) is -1.60. The smallest absolute Gasteiger partial charge is 0.156 e. The third-order valence-corrected chi connectivity index (χ3v) is 3.22. The van der Waals surface area contributed by atoms with Crippen LogP contribution in [-0.2, 0) is 0 Å². The standard InChI is InChI=1S/C10H3Br2F2N3/c11-8-6(13)1-7(9(12)10(8)14)17-4-5(2-15)3-16/h1,4,17H. The van der Waals surface area contributed by atoms with E-state index in [2.05, 4.69) is 37.2 Å². The van der Waals surface area contributed by atoms with Crippen molar-refractivity contribution in [1.29, 1.82) is 10.5 Å². The normalized spacial score (nSPS) is 9.06. The van der Waals surface area contributed by atoms with E-state index in [1.807, 2.05) is 0 Å². The largest absolute Gasteiger partial charge is 0.359 e. The molecule has 3 nitrogen and oxygen atoms in total. The Morgan fingerprint density at radius 2 is 1.82 bits per heavy atom. The first-order valence-corrected chi connectivity index (χ1v) is 5.69. The quantitative estimate of drug-likeness (QED) is 0.494. The fourth-order valence-electron chi connectivity index (χ4n) is 0.917. The molecule has 0 saturated carbocycles. The lowest BCUT2D eigenvalue weighted by Crippen LogP contribution is -1.96. The average Bonchev–Trinajstić information content (AvgIpc) is 2.33.